The normalized spacial score (nSPS) is 11.6. The topological polar surface area (TPSA) is 0 Å². The summed E-state index contributed by atoms with van der Waals surface area (Å²) in [4.78, 5) is 0. The van der Waals surface area contributed by atoms with Gasteiger partial charge in [-0.25, -0.2) is 0 Å². The second-order valence-corrected chi connectivity index (χ2v) is 5.49. The highest BCUT2D eigenvalue weighted by atomic mass is 31.1. The summed E-state index contributed by atoms with van der Waals surface area (Å²) in [5, 5.41) is 0. The van der Waals surface area contributed by atoms with Gasteiger partial charge in [0, 0.05) is 0 Å². The highest BCUT2D eigenvalue weighted by molar-refractivity contribution is 7.36. The van der Waals surface area contributed by atoms with Crippen LogP contribution in [0.25, 0.3) is 0 Å². The lowest BCUT2D eigenvalue weighted by molar-refractivity contribution is 0.563. The van der Waals surface area contributed by atoms with Crippen LogP contribution in [0.15, 0.2) is 0 Å². The van der Waals surface area contributed by atoms with Crippen molar-refractivity contribution in [3.05, 3.63) is 0 Å². The molecule has 1 unspecified atom stereocenters. The van der Waals surface area contributed by atoms with Crippen molar-refractivity contribution < 1.29 is 0 Å². The third-order valence-electron chi connectivity index (χ3n) is 2.78. The molecule has 0 fully saturated rings. The van der Waals surface area contributed by atoms with Gasteiger partial charge >= 0.3 is 0 Å². The minimum Gasteiger partial charge on any atom is -0.125 e. The molecule has 86 valence electrons. The van der Waals surface area contributed by atoms with Crippen LogP contribution in [-0.4, -0.2) is 12.8 Å². The molecule has 1 heteroatoms. The molecule has 0 nitrogen and oxygen atoms in total. The Morgan fingerprint density at radius 3 is 1.50 bits per heavy atom. The summed E-state index contributed by atoms with van der Waals surface area (Å²) in [6.45, 7) is 4.60. The Bertz CT molecular complexity index is 79.2. The molecule has 0 aliphatic rings. The molecule has 0 N–H and O–H groups in total. The smallest absolute Gasteiger partial charge is 0.0356 e. The van der Waals surface area contributed by atoms with E-state index in [2.05, 4.69) is 13.6 Å². The van der Waals surface area contributed by atoms with Gasteiger partial charge in [-0.3, -0.25) is 0 Å². The first-order valence-corrected chi connectivity index (χ1v) is 8.27. The van der Waals surface area contributed by atoms with Crippen LogP contribution in [0.3, 0.4) is 0 Å². The lowest BCUT2D eigenvalue weighted by Crippen LogP contribution is -1.82. The van der Waals surface area contributed by atoms with E-state index >= 15 is 0 Å². The van der Waals surface area contributed by atoms with E-state index in [4.69, 9.17) is 0 Å². The van der Waals surface area contributed by atoms with Crippen LogP contribution < -0.4 is 0 Å². The van der Waals surface area contributed by atoms with Crippen LogP contribution in [0.5, 0.6) is 0 Å². The fourth-order valence-electron chi connectivity index (χ4n) is 1.79. The Morgan fingerprint density at radius 1 is 0.643 bits per heavy atom. The van der Waals surface area contributed by atoms with E-state index in [1.165, 1.54) is 79.0 Å². The van der Waals surface area contributed by atoms with Gasteiger partial charge in [0.2, 0.25) is 0 Å². The molecule has 0 aromatic heterocycles. The summed E-state index contributed by atoms with van der Waals surface area (Å²) in [6, 6.07) is 0. The molecule has 0 amide bonds. The van der Waals surface area contributed by atoms with Gasteiger partial charge in [0.05, 0.1) is 0 Å². The van der Waals surface area contributed by atoms with Gasteiger partial charge in [0.15, 0.2) is 0 Å². The molecule has 0 aromatic rings. The Balaban J connectivity index is 2.78. The maximum absolute atomic E-state index is 2.31. The van der Waals surface area contributed by atoms with Crippen molar-refractivity contribution in [1.82, 2.24) is 0 Å². The maximum atomic E-state index is 2.31. The standard InChI is InChI=1S/C13H29P/c1-3-4-5-6-7-8-9-10-11-12-13-14-2/h14H,3-13H2,1-2H3. The van der Waals surface area contributed by atoms with Gasteiger partial charge in [-0.2, -0.15) is 0 Å². The number of hydrogen-bond donors (Lipinski definition) is 0. The summed E-state index contributed by atoms with van der Waals surface area (Å²) in [7, 11) is 1.17. The van der Waals surface area contributed by atoms with Gasteiger partial charge in [-0.05, 0) is 19.2 Å². The lowest BCUT2D eigenvalue weighted by atomic mass is 10.1. The molecular weight excluding hydrogens is 187 g/mol. The average Bonchev–Trinajstić information content (AvgIpc) is 2.21. The van der Waals surface area contributed by atoms with E-state index in [0.29, 0.717) is 0 Å². The van der Waals surface area contributed by atoms with Crippen molar-refractivity contribution in [3.63, 3.8) is 0 Å². The van der Waals surface area contributed by atoms with Gasteiger partial charge in [-0.15, -0.1) is 8.58 Å². The van der Waals surface area contributed by atoms with Crippen LogP contribution in [-0.2, 0) is 0 Å². The first kappa shape index (κ1) is 14.4. The Morgan fingerprint density at radius 2 is 1.07 bits per heavy atom. The fourth-order valence-corrected chi connectivity index (χ4v) is 2.39. The summed E-state index contributed by atoms with van der Waals surface area (Å²) in [5.74, 6) is 0. The minimum absolute atomic E-state index is 1.17. The third kappa shape index (κ3) is 12.4. The van der Waals surface area contributed by atoms with E-state index in [-0.39, 0.29) is 0 Å². The van der Waals surface area contributed by atoms with Crippen molar-refractivity contribution >= 4 is 8.58 Å². The molecule has 0 bridgehead atoms. The molecule has 0 saturated heterocycles. The van der Waals surface area contributed by atoms with Crippen LogP contribution in [0.1, 0.15) is 71.1 Å². The van der Waals surface area contributed by atoms with Crippen LogP contribution in [0.4, 0.5) is 0 Å². The van der Waals surface area contributed by atoms with E-state index in [0.717, 1.165) is 0 Å². The maximum Gasteiger partial charge on any atom is -0.0356 e. The molecule has 0 rings (SSSR count). The quantitative estimate of drug-likeness (QED) is 0.328. The monoisotopic (exact) mass is 216 g/mol. The largest absolute Gasteiger partial charge is 0.125 e. The first-order chi connectivity index (χ1) is 6.91. The Kier molecular flexibility index (Phi) is 13.8. The second kappa shape index (κ2) is 13.4. The van der Waals surface area contributed by atoms with E-state index in [9.17, 15) is 0 Å². The number of unbranched alkanes of at least 4 members (excludes halogenated alkanes) is 9. The molecular formula is C13H29P. The fraction of sp³-hybridized carbons (Fsp3) is 1.00. The highest BCUT2D eigenvalue weighted by Crippen LogP contribution is 2.12. The highest BCUT2D eigenvalue weighted by Gasteiger charge is 1.91. The summed E-state index contributed by atoms with van der Waals surface area (Å²) < 4.78 is 0. The number of rotatable bonds is 11. The first-order valence-electron chi connectivity index (χ1n) is 6.56. The van der Waals surface area contributed by atoms with E-state index in [1.807, 2.05) is 0 Å². The minimum atomic E-state index is 1.17. The average molecular weight is 216 g/mol. The van der Waals surface area contributed by atoms with Crippen LogP contribution in [0.2, 0.25) is 0 Å². The predicted octanol–water partition coefficient (Wildman–Crippen LogP) is 5.22. The van der Waals surface area contributed by atoms with Gasteiger partial charge in [-0.1, -0.05) is 64.7 Å². The lowest BCUT2D eigenvalue weighted by Gasteiger charge is -2.01. The van der Waals surface area contributed by atoms with Crippen LogP contribution in [0, 0.1) is 0 Å². The molecule has 0 radical (unpaired) electrons. The molecule has 0 heterocycles. The van der Waals surface area contributed by atoms with Crippen molar-refractivity contribution in [2.24, 2.45) is 0 Å². The summed E-state index contributed by atoms with van der Waals surface area (Å²) in [5.41, 5.74) is 0. The predicted molar refractivity (Wildman–Crippen MR) is 71.0 cm³/mol. The molecule has 0 aliphatic heterocycles. The third-order valence-corrected chi connectivity index (χ3v) is 3.63. The summed E-state index contributed by atoms with van der Waals surface area (Å²) in [6.07, 6.45) is 16.1. The second-order valence-electron chi connectivity index (χ2n) is 4.29. The van der Waals surface area contributed by atoms with Crippen molar-refractivity contribution in [3.8, 4) is 0 Å². The molecule has 0 saturated carbocycles. The zero-order valence-corrected chi connectivity index (χ0v) is 11.3. The van der Waals surface area contributed by atoms with E-state index in [1.54, 1.807) is 0 Å². The summed E-state index contributed by atoms with van der Waals surface area (Å²) >= 11 is 0. The van der Waals surface area contributed by atoms with Gasteiger partial charge in [0.1, 0.15) is 0 Å². The molecule has 0 aliphatic carbocycles. The van der Waals surface area contributed by atoms with Crippen molar-refractivity contribution in [1.29, 1.82) is 0 Å². The Hall–Kier alpha value is 0.430. The number of hydrogen-bond acceptors (Lipinski definition) is 0. The SMILES string of the molecule is CCCCCCCCCCCCPC. The zero-order chi connectivity index (χ0) is 10.5. The van der Waals surface area contributed by atoms with Crippen molar-refractivity contribution in [2.75, 3.05) is 12.8 Å². The Labute approximate surface area is 93.0 Å². The van der Waals surface area contributed by atoms with E-state index < -0.39 is 0 Å². The van der Waals surface area contributed by atoms with Crippen molar-refractivity contribution in [2.45, 2.75) is 71.1 Å². The molecule has 0 aromatic carbocycles. The molecule has 0 spiro atoms. The zero-order valence-electron chi connectivity index (χ0n) is 10.3. The van der Waals surface area contributed by atoms with Crippen LogP contribution >= 0.6 is 8.58 Å². The molecule has 14 heavy (non-hydrogen) atoms. The van der Waals surface area contributed by atoms with Gasteiger partial charge < -0.3 is 0 Å². The van der Waals surface area contributed by atoms with Gasteiger partial charge in [0.25, 0.3) is 0 Å². The molecule has 1 atom stereocenters.